The van der Waals surface area contributed by atoms with Crippen molar-refractivity contribution in [2.24, 2.45) is 0 Å². The van der Waals surface area contributed by atoms with E-state index in [1.807, 2.05) is 53.9 Å². The fourth-order valence-electron chi connectivity index (χ4n) is 2.34. The quantitative estimate of drug-likeness (QED) is 0.490. The lowest BCUT2D eigenvalue weighted by molar-refractivity contribution is 0.0998. The van der Waals surface area contributed by atoms with Gasteiger partial charge in [0.1, 0.15) is 5.58 Å². The minimum atomic E-state index is -0.303. The predicted molar refractivity (Wildman–Crippen MR) is 99.4 cm³/mol. The van der Waals surface area contributed by atoms with Crippen LogP contribution in [-0.4, -0.2) is 10.9 Å². The molecular formula is C18H11BrN2O2S. The number of aromatic nitrogens is 1. The minimum Gasteiger partial charge on any atom is -0.451 e. The summed E-state index contributed by atoms with van der Waals surface area (Å²) in [5.41, 5.74) is 2.52. The van der Waals surface area contributed by atoms with Crippen molar-refractivity contribution in [2.45, 2.75) is 0 Å². The molecule has 1 amide bonds. The molecule has 4 aromatic rings. The lowest BCUT2D eigenvalue weighted by Gasteiger charge is -1.98. The molecule has 0 bridgehead atoms. The van der Waals surface area contributed by atoms with Crippen LogP contribution in [0.4, 0.5) is 5.13 Å². The highest BCUT2D eigenvalue weighted by molar-refractivity contribution is 9.10. The van der Waals surface area contributed by atoms with E-state index in [4.69, 9.17) is 4.42 Å². The van der Waals surface area contributed by atoms with Crippen LogP contribution in [0.1, 0.15) is 10.6 Å². The Balaban J connectivity index is 1.54. The van der Waals surface area contributed by atoms with E-state index in [-0.39, 0.29) is 11.7 Å². The molecule has 0 spiro atoms. The summed E-state index contributed by atoms with van der Waals surface area (Å²) in [6.07, 6.45) is 0. The molecule has 0 aliphatic carbocycles. The van der Waals surface area contributed by atoms with Crippen LogP contribution >= 0.6 is 27.3 Å². The molecule has 4 rings (SSSR count). The van der Waals surface area contributed by atoms with Crippen LogP contribution in [-0.2, 0) is 0 Å². The summed E-state index contributed by atoms with van der Waals surface area (Å²) >= 11 is 4.79. The first-order valence-corrected chi connectivity index (χ1v) is 8.88. The average molecular weight is 399 g/mol. The number of fused-ring (bicyclic) bond motifs is 1. The van der Waals surface area contributed by atoms with Gasteiger partial charge in [0.2, 0.25) is 0 Å². The van der Waals surface area contributed by atoms with Gasteiger partial charge in [-0.3, -0.25) is 10.1 Å². The molecule has 118 valence electrons. The van der Waals surface area contributed by atoms with Crippen molar-refractivity contribution >= 4 is 49.3 Å². The van der Waals surface area contributed by atoms with Crippen LogP contribution in [0, 0.1) is 0 Å². The summed E-state index contributed by atoms with van der Waals surface area (Å²) in [6.45, 7) is 0. The van der Waals surface area contributed by atoms with E-state index in [9.17, 15) is 4.79 Å². The Kier molecular flexibility index (Phi) is 3.92. The first kappa shape index (κ1) is 15.1. The number of rotatable bonds is 3. The second-order valence-corrected chi connectivity index (χ2v) is 6.92. The topological polar surface area (TPSA) is 55.1 Å². The SMILES string of the molecule is O=C(Nc1nc(-c2ccc(Br)cc2)cs1)c1cc2ccccc2o1. The number of amides is 1. The van der Waals surface area contributed by atoms with Crippen LogP contribution < -0.4 is 5.32 Å². The van der Waals surface area contributed by atoms with Gasteiger partial charge in [0.15, 0.2) is 10.9 Å². The molecule has 2 aromatic carbocycles. The van der Waals surface area contributed by atoms with E-state index < -0.39 is 0 Å². The summed E-state index contributed by atoms with van der Waals surface area (Å²) in [6, 6.07) is 17.1. The zero-order valence-electron chi connectivity index (χ0n) is 12.3. The van der Waals surface area contributed by atoms with E-state index in [0.29, 0.717) is 10.7 Å². The number of benzene rings is 2. The lowest BCUT2D eigenvalue weighted by atomic mass is 10.2. The summed E-state index contributed by atoms with van der Waals surface area (Å²) in [5, 5.41) is 6.14. The monoisotopic (exact) mass is 398 g/mol. The van der Waals surface area contributed by atoms with Gasteiger partial charge < -0.3 is 4.42 Å². The van der Waals surface area contributed by atoms with Crippen molar-refractivity contribution in [2.75, 3.05) is 5.32 Å². The number of carbonyl (C=O) groups is 1. The third-order valence-corrected chi connectivity index (χ3v) is 4.80. The normalized spacial score (nSPS) is 10.9. The summed E-state index contributed by atoms with van der Waals surface area (Å²) in [7, 11) is 0. The molecule has 0 radical (unpaired) electrons. The number of nitrogens with one attached hydrogen (secondary N) is 1. The highest BCUT2D eigenvalue weighted by Crippen LogP contribution is 2.27. The highest BCUT2D eigenvalue weighted by atomic mass is 79.9. The molecule has 0 aliphatic heterocycles. The summed E-state index contributed by atoms with van der Waals surface area (Å²) in [5.74, 6) is -0.0282. The molecule has 0 fully saturated rings. The van der Waals surface area contributed by atoms with Crippen LogP contribution in [0.5, 0.6) is 0 Å². The minimum absolute atomic E-state index is 0.275. The predicted octanol–water partition coefficient (Wildman–Crippen LogP) is 5.57. The Hall–Kier alpha value is -2.44. The number of nitrogens with zero attached hydrogens (tertiary/aromatic N) is 1. The number of furan rings is 1. The van der Waals surface area contributed by atoms with Crippen molar-refractivity contribution in [3.05, 3.63) is 70.2 Å². The summed E-state index contributed by atoms with van der Waals surface area (Å²) < 4.78 is 6.58. The molecule has 1 N–H and O–H groups in total. The smallest absolute Gasteiger partial charge is 0.293 e. The maximum atomic E-state index is 12.3. The Bertz CT molecular complexity index is 988. The van der Waals surface area contributed by atoms with Crippen molar-refractivity contribution in [1.29, 1.82) is 0 Å². The molecule has 0 aliphatic rings. The molecule has 0 unspecified atom stereocenters. The third-order valence-electron chi connectivity index (χ3n) is 3.51. The molecule has 2 aromatic heterocycles. The molecule has 2 heterocycles. The van der Waals surface area contributed by atoms with Gasteiger partial charge in [0.25, 0.3) is 5.91 Å². The Labute approximate surface area is 150 Å². The number of para-hydroxylation sites is 1. The van der Waals surface area contributed by atoms with Gasteiger partial charge in [-0.05, 0) is 24.3 Å². The molecule has 0 saturated heterocycles. The molecule has 0 atom stereocenters. The third kappa shape index (κ3) is 2.98. The first-order chi connectivity index (χ1) is 11.7. The largest absolute Gasteiger partial charge is 0.451 e. The van der Waals surface area contributed by atoms with Gasteiger partial charge in [-0.2, -0.15) is 0 Å². The van der Waals surface area contributed by atoms with Crippen LogP contribution in [0.15, 0.2) is 68.9 Å². The standard InChI is InChI=1S/C18H11BrN2O2S/c19-13-7-5-11(6-8-13)14-10-24-18(20-14)21-17(22)16-9-12-3-1-2-4-15(12)23-16/h1-10H,(H,20,21,22). The van der Waals surface area contributed by atoms with Gasteiger partial charge in [0.05, 0.1) is 5.69 Å². The number of hydrogen-bond donors (Lipinski definition) is 1. The number of hydrogen-bond acceptors (Lipinski definition) is 4. The van der Waals surface area contributed by atoms with Gasteiger partial charge in [-0.25, -0.2) is 4.98 Å². The van der Waals surface area contributed by atoms with Crippen molar-refractivity contribution in [3.8, 4) is 11.3 Å². The first-order valence-electron chi connectivity index (χ1n) is 7.20. The Morgan fingerprint density at radius 2 is 1.92 bits per heavy atom. The number of carbonyl (C=O) groups excluding carboxylic acids is 1. The Morgan fingerprint density at radius 3 is 2.71 bits per heavy atom. The van der Waals surface area contributed by atoms with E-state index in [0.717, 1.165) is 21.1 Å². The van der Waals surface area contributed by atoms with Gasteiger partial charge in [-0.15, -0.1) is 11.3 Å². The maximum Gasteiger partial charge on any atom is 0.293 e. The van der Waals surface area contributed by atoms with E-state index in [1.165, 1.54) is 11.3 Å². The summed E-state index contributed by atoms with van der Waals surface area (Å²) in [4.78, 5) is 16.8. The fraction of sp³-hybridized carbons (Fsp3) is 0. The van der Waals surface area contributed by atoms with Crippen molar-refractivity contribution in [3.63, 3.8) is 0 Å². The molecule has 6 heteroatoms. The zero-order valence-corrected chi connectivity index (χ0v) is 14.7. The second kappa shape index (κ2) is 6.22. The van der Waals surface area contributed by atoms with Crippen LogP contribution in [0.2, 0.25) is 0 Å². The van der Waals surface area contributed by atoms with Crippen LogP contribution in [0.3, 0.4) is 0 Å². The molecule has 24 heavy (non-hydrogen) atoms. The van der Waals surface area contributed by atoms with E-state index >= 15 is 0 Å². The van der Waals surface area contributed by atoms with Crippen molar-refractivity contribution < 1.29 is 9.21 Å². The van der Waals surface area contributed by atoms with E-state index in [2.05, 4.69) is 26.2 Å². The van der Waals surface area contributed by atoms with E-state index in [1.54, 1.807) is 6.07 Å². The molecule has 4 nitrogen and oxygen atoms in total. The Morgan fingerprint density at radius 1 is 1.12 bits per heavy atom. The lowest BCUT2D eigenvalue weighted by Crippen LogP contribution is -2.10. The number of anilines is 1. The average Bonchev–Trinajstić information content (AvgIpc) is 3.22. The number of thiazole rings is 1. The maximum absolute atomic E-state index is 12.3. The molecular weight excluding hydrogens is 388 g/mol. The highest BCUT2D eigenvalue weighted by Gasteiger charge is 2.14. The van der Waals surface area contributed by atoms with Gasteiger partial charge in [0, 0.05) is 20.8 Å². The van der Waals surface area contributed by atoms with Crippen LogP contribution in [0.25, 0.3) is 22.2 Å². The zero-order chi connectivity index (χ0) is 16.5. The fourth-order valence-corrected chi connectivity index (χ4v) is 3.32. The van der Waals surface area contributed by atoms with Gasteiger partial charge in [-0.1, -0.05) is 46.3 Å². The molecule has 0 saturated carbocycles. The second-order valence-electron chi connectivity index (χ2n) is 5.15. The van der Waals surface area contributed by atoms with Crippen molar-refractivity contribution in [1.82, 2.24) is 4.98 Å². The number of halogens is 1. The van der Waals surface area contributed by atoms with Gasteiger partial charge >= 0.3 is 0 Å².